The fourth-order valence-corrected chi connectivity index (χ4v) is 5.62. The van der Waals surface area contributed by atoms with Crippen molar-refractivity contribution in [3.63, 3.8) is 0 Å². The maximum Gasteiger partial charge on any atom is 0.238 e. The summed E-state index contributed by atoms with van der Waals surface area (Å²) in [4.78, 5) is 17.0. The summed E-state index contributed by atoms with van der Waals surface area (Å²) < 4.78 is 6.55. The molecule has 1 amide bonds. The van der Waals surface area contributed by atoms with Crippen LogP contribution >= 0.6 is 34.4 Å². The molecule has 1 atom stereocenters. The molecule has 2 aromatic carbocycles. The van der Waals surface area contributed by atoms with E-state index >= 15 is 0 Å². The summed E-state index contributed by atoms with van der Waals surface area (Å²) in [6.07, 6.45) is 3.95. The molecule has 0 aromatic heterocycles. The molecule has 0 aliphatic carbocycles. The normalized spacial score (nSPS) is 19.6. The zero-order valence-corrected chi connectivity index (χ0v) is 19.1. The number of hydrogen-bond acceptors (Lipinski definition) is 3. The Balaban J connectivity index is 2.18. The lowest BCUT2D eigenvalue weighted by atomic mass is 9.80. The van der Waals surface area contributed by atoms with Crippen molar-refractivity contribution in [2.24, 2.45) is 5.41 Å². The third-order valence-electron chi connectivity index (χ3n) is 5.34. The summed E-state index contributed by atoms with van der Waals surface area (Å²) in [5.74, 6) is 1.89. The summed E-state index contributed by atoms with van der Waals surface area (Å²) in [5, 5.41) is 0. The first kappa shape index (κ1) is 20.5. The second-order valence-electron chi connectivity index (χ2n) is 6.96. The number of fused-ring (bicyclic) bond motifs is 1. The Morgan fingerprint density at radius 3 is 2.59 bits per heavy atom. The molecule has 1 unspecified atom stereocenters. The highest BCUT2D eigenvalue weighted by molar-refractivity contribution is 14.1. The van der Waals surface area contributed by atoms with Crippen molar-refractivity contribution in [1.82, 2.24) is 0 Å². The van der Waals surface area contributed by atoms with Gasteiger partial charge in [-0.15, -0.1) is 11.8 Å². The van der Waals surface area contributed by atoms with Gasteiger partial charge in [-0.05, 0) is 59.7 Å². The van der Waals surface area contributed by atoms with Gasteiger partial charge in [0.05, 0.1) is 21.8 Å². The van der Waals surface area contributed by atoms with Crippen molar-refractivity contribution < 1.29 is 9.53 Å². The van der Waals surface area contributed by atoms with Crippen molar-refractivity contribution in [2.75, 3.05) is 17.8 Å². The Hall–Kier alpha value is -1.21. The van der Waals surface area contributed by atoms with Crippen LogP contribution in [0.3, 0.4) is 0 Å². The summed E-state index contributed by atoms with van der Waals surface area (Å²) in [6, 6.07) is 14.2. The number of carbonyl (C=O) groups excluding carboxylic acids is 1. The van der Waals surface area contributed by atoms with Gasteiger partial charge in [0.1, 0.15) is 5.75 Å². The highest BCUT2D eigenvalue weighted by Crippen LogP contribution is 2.49. The second-order valence-corrected chi connectivity index (χ2v) is 9.14. The topological polar surface area (TPSA) is 29.5 Å². The molecule has 0 radical (unpaired) electrons. The highest BCUT2D eigenvalue weighted by Gasteiger charge is 2.43. The molecule has 1 heterocycles. The molecule has 0 saturated carbocycles. The van der Waals surface area contributed by atoms with Gasteiger partial charge in [-0.1, -0.05) is 44.9 Å². The van der Waals surface area contributed by atoms with E-state index in [4.69, 9.17) is 4.74 Å². The standard InChI is InChI=1S/C22H26INO2S/c1-4-6-12-22(5-2)15-27-20-14-19(26-3)17(23)13-18(20)24(21(22)25)16-10-8-7-9-11-16/h7-11,13-14H,4-6,12,15H2,1-3H3. The van der Waals surface area contributed by atoms with Gasteiger partial charge in [0.25, 0.3) is 0 Å². The van der Waals surface area contributed by atoms with E-state index in [1.807, 2.05) is 35.2 Å². The van der Waals surface area contributed by atoms with E-state index in [-0.39, 0.29) is 11.3 Å². The monoisotopic (exact) mass is 495 g/mol. The van der Waals surface area contributed by atoms with Crippen LogP contribution in [0.1, 0.15) is 39.5 Å². The van der Waals surface area contributed by atoms with E-state index in [0.29, 0.717) is 0 Å². The first-order chi connectivity index (χ1) is 13.1. The van der Waals surface area contributed by atoms with E-state index in [9.17, 15) is 4.79 Å². The average molecular weight is 495 g/mol. The van der Waals surface area contributed by atoms with Gasteiger partial charge in [-0.2, -0.15) is 0 Å². The van der Waals surface area contributed by atoms with Crippen LogP contribution in [0.2, 0.25) is 0 Å². The molecule has 5 heteroatoms. The Labute approximate surface area is 180 Å². The maximum absolute atomic E-state index is 13.9. The Kier molecular flexibility index (Phi) is 6.74. The second kappa shape index (κ2) is 8.86. The van der Waals surface area contributed by atoms with Gasteiger partial charge in [0.2, 0.25) is 5.91 Å². The summed E-state index contributed by atoms with van der Waals surface area (Å²) >= 11 is 4.07. The predicted octanol–water partition coefficient (Wildman–Crippen LogP) is 6.66. The van der Waals surface area contributed by atoms with E-state index < -0.39 is 0 Å². The van der Waals surface area contributed by atoms with Gasteiger partial charge in [-0.25, -0.2) is 0 Å². The minimum Gasteiger partial charge on any atom is -0.496 e. The number of thioether (sulfide) groups is 1. The molecule has 0 N–H and O–H groups in total. The van der Waals surface area contributed by atoms with E-state index in [2.05, 4.69) is 48.6 Å². The van der Waals surface area contributed by atoms with Crippen LogP contribution in [-0.4, -0.2) is 18.8 Å². The number of halogens is 1. The number of hydrogen-bond donors (Lipinski definition) is 0. The number of anilines is 2. The molecule has 1 aliphatic heterocycles. The highest BCUT2D eigenvalue weighted by atomic mass is 127. The molecule has 2 aromatic rings. The van der Waals surface area contributed by atoms with E-state index in [0.717, 1.165) is 57.0 Å². The van der Waals surface area contributed by atoms with Gasteiger partial charge >= 0.3 is 0 Å². The Bertz CT molecular complexity index is 811. The first-order valence-electron chi connectivity index (χ1n) is 9.46. The van der Waals surface area contributed by atoms with Gasteiger partial charge in [-0.3, -0.25) is 9.69 Å². The van der Waals surface area contributed by atoms with Gasteiger partial charge in [0.15, 0.2) is 0 Å². The fraction of sp³-hybridized carbons (Fsp3) is 0.409. The van der Waals surface area contributed by atoms with Gasteiger partial charge < -0.3 is 4.74 Å². The molecule has 0 fully saturated rings. The minimum absolute atomic E-state index is 0.219. The SMILES string of the molecule is CCCCC1(CC)CSc2cc(OC)c(I)cc2N(c2ccccc2)C1=O. The summed E-state index contributed by atoms with van der Waals surface area (Å²) in [6.45, 7) is 4.34. The van der Waals surface area contributed by atoms with E-state index in [1.54, 1.807) is 18.9 Å². The van der Waals surface area contributed by atoms with Crippen LogP contribution < -0.4 is 9.64 Å². The average Bonchev–Trinajstić information content (AvgIpc) is 2.81. The zero-order chi connectivity index (χ0) is 19.4. The number of amides is 1. The van der Waals surface area contributed by atoms with Crippen molar-refractivity contribution in [3.05, 3.63) is 46.0 Å². The molecule has 0 spiro atoms. The van der Waals surface area contributed by atoms with Crippen LogP contribution in [0.4, 0.5) is 11.4 Å². The van der Waals surface area contributed by atoms with Crippen LogP contribution in [0, 0.1) is 8.99 Å². The molecule has 0 bridgehead atoms. The number of nitrogens with zero attached hydrogens (tertiary/aromatic N) is 1. The fourth-order valence-electron chi connectivity index (χ4n) is 3.55. The number of para-hydroxylation sites is 1. The number of unbranched alkanes of at least 4 members (excludes halogenated alkanes) is 1. The number of rotatable bonds is 6. The number of methoxy groups -OCH3 is 1. The lowest BCUT2D eigenvalue weighted by molar-refractivity contribution is -0.126. The molecular weight excluding hydrogens is 469 g/mol. The van der Waals surface area contributed by atoms with Crippen LogP contribution in [-0.2, 0) is 4.79 Å². The number of carbonyl (C=O) groups is 1. The van der Waals surface area contributed by atoms with Gasteiger partial charge in [0, 0.05) is 16.3 Å². The van der Waals surface area contributed by atoms with Crippen LogP contribution in [0.5, 0.6) is 5.75 Å². The third-order valence-corrected chi connectivity index (χ3v) is 7.51. The minimum atomic E-state index is -0.339. The largest absolute Gasteiger partial charge is 0.496 e. The third kappa shape index (κ3) is 3.99. The quantitative estimate of drug-likeness (QED) is 0.420. The number of ether oxygens (including phenoxy) is 1. The molecular formula is C22H26INO2S. The van der Waals surface area contributed by atoms with Crippen molar-refractivity contribution in [3.8, 4) is 5.75 Å². The smallest absolute Gasteiger partial charge is 0.238 e. The zero-order valence-electron chi connectivity index (χ0n) is 16.1. The first-order valence-corrected chi connectivity index (χ1v) is 11.5. The maximum atomic E-state index is 13.9. The predicted molar refractivity (Wildman–Crippen MR) is 122 cm³/mol. The molecule has 0 saturated heterocycles. The lowest BCUT2D eigenvalue weighted by Crippen LogP contribution is -2.42. The van der Waals surface area contributed by atoms with Crippen molar-refractivity contribution in [2.45, 2.75) is 44.4 Å². The molecule has 3 nitrogen and oxygen atoms in total. The van der Waals surface area contributed by atoms with Crippen LogP contribution in [0.15, 0.2) is 47.4 Å². The van der Waals surface area contributed by atoms with Crippen molar-refractivity contribution >= 4 is 51.6 Å². The van der Waals surface area contributed by atoms with Crippen LogP contribution in [0.25, 0.3) is 0 Å². The molecule has 3 rings (SSSR count). The Morgan fingerprint density at radius 1 is 1.22 bits per heavy atom. The molecule has 144 valence electrons. The molecule has 1 aliphatic rings. The summed E-state index contributed by atoms with van der Waals surface area (Å²) in [7, 11) is 1.70. The number of benzene rings is 2. The summed E-state index contributed by atoms with van der Waals surface area (Å²) in [5.41, 5.74) is 1.56. The lowest BCUT2D eigenvalue weighted by Gasteiger charge is -2.34. The van der Waals surface area contributed by atoms with E-state index in [1.165, 1.54) is 0 Å². The van der Waals surface area contributed by atoms with Crippen molar-refractivity contribution in [1.29, 1.82) is 0 Å². The Morgan fingerprint density at radius 2 is 1.96 bits per heavy atom. The molecule has 27 heavy (non-hydrogen) atoms.